The molecule has 1 fully saturated rings. The molecule has 158 valence electrons. The van der Waals surface area contributed by atoms with Crippen LogP contribution in [0.3, 0.4) is 0 Å². The van der Waals surface area contributed by atoms with Crippen molar-refractivity contribution in [2.75, 3.05) is 16.8 Å². The Hall–Kier alpha value is -2.33. The monoisotopic (exact) mass is 424 g/mol. The molecule has 0 saturated heterocycles. The quantitative estimate of drug-likeness (QED) is 0.684. The van der Waals surface area contributed by atoms with Crippen LogP contribution in [-0.4, -0.2) is 18.4 Å². The number of rotatable bonds is 3. The molecule has 1 aliphatic carbocycles. The van der Waals surface area contributed by atoms with Gasteiger partial charge in [-0.2, -0.15) is 0 Å². The molecule has 1 saturated carbocycles. The average molecular weight is 425 g/mol. The van der Waals surface area contributed by atoms with E-state index in [1.54, 1.807) is 0 Å². The van der Waals surface area contributed by atoms with Gasteiger partial charge < -0.3 is 10.2 Å². The minimum Gasteiger partial charge on any atom is -0.325 e. The maximum Gasteiger partial charge on any atom is 0.235 e. The van der Waals surface area contributed by atoms with E-state index in [9.17, 15) is 9.59 Å². The Bertz CT molecular complexity index is 970. The van der Waals surface area contributed by atoms with Crippen LogP contribution in [0.25, 0.3) is 0 Å². The Morgan fingerprint density at radius 3 is 2.33 bits per heavy atom. The summed E-state index contributed by atoms with van der Waals surface area (Å²) in [6.07, 6.45) is 4.59. The predicted molar refractivity (Wildman–Crippen MR) is 122 cm³/mol. The summed E-state index contributed by atoms with van der Waals surface area (Å²) in [5, 5.41) is 3.83. The molecular formula is C25H29ClN2O2. The molecule has 2 amide bonds. The molecule has 2 aromatic carbocycles. The maximum absolute atomic E-state index is 13.5. The maximum atomic E-state index is 13.5. The Kier molecular flexibility index (Phi) is 5.39. The zero-order valence-corrected chi connectivity index (χ0v) is 18.7. The summed E-state index contributed by atoms with van der Waals surface area (Å²) >= 11 is 6.07. The van der Waals surface area contributed by atoms with Gasteiger partial charge in [0, 0.05) is 28.4 Å². The van der Waals surface area contributed by atoms with Crippen LogP contribution in [0, 0.1) is 5.41 Å². The van der Waals surface area contributed by atoms with E-state index in [1.165, 1.54) is 0 Å². The first kappa shape index (κ1) is 20.9. The number of carbonyl (C=O) groups is 2. The van der Waals surface area contributed by atoms with Gasteiger partial charge >= 0.3 is 0 Å². The summed E-state index contributed by atoms with van der Waals surface area (Å²) in [4.78, 5) is 28.2. The molecule has 30 heavy (non-hydrogen) atoms. The number of nitrogens with one attached hydrogen (secondary N) is 1. The number of carbonyl (C=O) groups excluding carboxylic acids is 2. The number of anilines is 2. The van der Waals surface area contributed by atoms with E-state index >= 15 is 0 Å². The summed E-state index contributed by atoms with van der Waals surface area (Å²) < 4.78 is 0. The molecule has 4 rings (SSSR count). The first-order chi connectivity index (χ1) is 14.2. The number of hydrogen-bond acceptors (Lipinski definition) is 2. The van der Waals surface area contributed by atoms with Gasteiger partial charge in [-0.3, -0.25) is 9.59 Å². The normalized spacial score (nSPS) is 17.7. The molecule has 4 nitrogen and oxygen atoms in total. The summed E-state index contributed by atoms with van der Waals surface area (Å²) in [5.74, 6) is 0.132. The summed E-state index contributed by atoms with van der Waals surface area (Å²) in [6.45, 7) is 6.51. The van der Waals surface area contributed by atoms with Crippen molar-refractivity contribution >= 4 is 34.8 Å². The van der Waals surface area contributed by atoms with Crippen molar-refractivity contribution in [1.82, 2.24) is 0 Å². The molecule has 0 spiro atoms. The number of benzene rings is 2. The molecule has 2 aromatic rings. The van der Waals surface area contributed by atoms with Crippen molar-refractivity contribution in [2.45, 2.75) is 58.3 Å². The van der Waals surface area contributed by atoms with Crippen molar-refractivity contribution in [3.05, 3.63) is 58.6 Å². The Morgan fingerprint density at radius 2 is 1.70 bits per heavy atom. The van der Waals surface area contributed by atoms with E-state index in [0.29, 0.717) is 11.6 Å². The molecular weight excluding hydrogens is 396 g/mol. The molecule has 2 aliphatic rings. The summed E-state index contributed by atoms with van der Waals surface area (Å²) in [6, 6.07) is 13.6. The number of halogens is 1. The van der Waals surface area contributed by atoms with Gasteiger partial charge in [-0.1, -0.05) is 63.4 Å². The third-order valence-electron chi connectivity index (χ3n) is 6.41. The molecule has 1 N–H and O–H groups in total. The average Bonchev–Trinajstić information content (AvgIpc) is 3.35. The van der Waals surface area contributed by atoms with Crippen LogP contribution >= 0.6 is 11.6 Å². The highest BCUT2D eigenvalue weighted by Crippen LogP contribution is 2.43. The highest BCUT2D eigenvalue weighted by Gasteiger charge is 2.43. The lowest BCUT2D eigenvalue weighted by Crippen LogP contribution is -2.39. The summed E-state index contributed by atoms with van der Waals surface area (Å²) in [7, 11) is 0. The van der Waals surface area contributed by atoms with Gasteiger partial charge in [-0.25, -0.2) is 0 Å². The molecule has 5 heteroatoms. The third kappa shape index (κ3) is 3.74. The molecule has 0 bridgehead atoms. The number of fused-ring (bicyclic) bond motifs is 1. The lowest BCUT2D eigenvalue weighted by molar-refractivity contribution is -0.125. The highest BCUT2D eigenvalue weighted by molar-refractivity contribution is 6.30. The fourth-order valence-electron chi connectivity index (χ4n) is 4.72. The van der Waals surface area contributed by atoms with E-state index in [4.69, 9.17) is 11.6 Å². The van der Waals surface area contributed by atoms with E-state index in [-0.39, 0.29) is 11.8 Å². The second-order valence-electron chi connectivity index (χ2n) is 9.55. The van der Waals surface area contributed by atoms with Gasteiger partial charge in [0.15, 0.2) is 0 Å². The van der Waals surface area contributed by atoms with E-state index in [2.05, 4.69) is 5.32 Å². The standard InChI is InChI=1S/C25H29ClN2O2/c1-24(2,3)23(30)28-15-12-17-6-11-20(16-21(17)28)27-22(29)25(13-4-5-14-25)18-7-9-19(26)10-8-18/h6-11,16H,4-5,12-15H2,1-3H3,(H,27,29). The summed E-state index contributed by atoms with van der Waals surface area (Å²) in [5.41, 5.74) is 2.87. The van der Waals surface area contributed by atoms with Crippen molar-refractivity contribution in [3.8, 4) is 0 Å². The van der Waals surface area contributed by atoms with Gasteiger partial charge in [0.25, 0.3) is 0 Å². The number of amides is 2. The van der Waals surface area contributed by atoms with Crippen molar-refractivity contribution < 1.29 is 9.59 Å². The van der Waals surface area contributed by atoms with Crippen LogP contribution in [0.15, 0.2) is 42.5 Å². The minimum atomic E-state index is -0.523. The van der Waals surface area contributed by atoms with Crippen LogP contribution < -0.4 is 10.2 Å². The molecule has 1 heterocycles. The molecule has 0 aromatic heterocycles. The topological polar surface area (TPSA) is 49.4 Å². The number of hydrogen-bond donors (Lipinski definition) is 1. The second kappa shape index (κ2) is 7.73. The van der Waals surface area contributed by atoms with Crippen molar-refractivity contribution in [3.63, 3.8) is 0 Å². The smallest absolute Gasteiger partial charge is 0.235 e. The molecule has 0 radical (unpaired) electrons. The SMILES string of the molecule is CC(C)(C)C(=O)N1CCc2ccc(NC(=O)C3(c4ccc(Cl)cc4)CCCC3)cc21. The number of nitrogens with zero attached hydrogens (tertiary/aromatic N) is 1. The molecule has 0 atom stereocenters. The predicted octanol–water partition coefficient (Wildman–Crippen LogP) is 5.73. The third-order valence-corrected chi connectivity index (χ3v) is 6.67. The van der Waals surface area contributed by atoms with Crippen molar-refractivity contribution in [2.24, 2.45) is 5.41 Å². The lowest BCUT2D eigenvalue weighted by atomic mass is 9.78. The Balaban J connectivity index is 1.61. The van der Waals surface area contributed by atoms with E-state index in [1.807, 2.05) is 68.1 Å². The molecule has 1 aliphatic heterocycles. The van der Waals surface area contributed by atoms with Gasteiger partial charge in [0.1, 0.15) is 0 Å². The first-order valence-electron chi connectivity index (χ1n) is 10.7. The van der Waals surface area contributed by atoms with Crippen molar-refractivity contribution in [1.29, 1.82) is 0 Å². The Labute approximate surface area is 183 Å². The largest absolute Gasteiger partial charge is 0.325 e. The van der Waals surface area contributed by atoms with Crippen LogP contribution in [0.5, 0.6) is 0 Å². The van der Waals surface area contributed by atoms with Gasteiger partial charge in [-0.15, -0.1) is 0 Å². The van der Waals surface area contributed by atoms with Crippen LogP contribution in [0.2, 0.25) is 5.02 Å². The van der Waals surface area contributed by atoms with E-state index in [0.717, 1.165) is 54.6 Å². The van der Waals surface area contributed by atoms with Crippen LogP contribution in [0.1, 0.15) is 57.6 Å². The van der Waals surface area contributed by atoms with Crippen LogP contribution in [0.4, 0.5) is 11.4 Å². The minimum absolute atomic E-state index is 0.0222. The zero-order chi connectivity index (χ0) is 21.5. The van der Waals surface area contributed by atoms with Gasteiger partial charge in [-0.05, 0) is 54.7 Å². The second-order valence-corrected chi connectivity index (χ2v) is 9.99. The van der Waals surface area contributed by atoms with E-state index < -0.39 is 10.8 Å². The van der Waals surface area contributed by atoms with Gasteiger partial charge in [0.2, 0.25) is 11.8 Å². The molecule has 0 unspecified atom stereocenters. The Morgan fingerprint density at radius 1 is 1.03 bits per heavy atom. The fraction of sp³-hybridized carbons (Fsp3) is 0.440. The fourth-order valence-corrected chi connectivity index (χ4v) is 4.84. The van der Waals surface area contributed by atoms with Gasteiger partial charge in [0.05, 0.1) is 5.41 Å². The zero-order valence-electron chi connectivity index (χ0n) is 17.9. The first-order valence-corrected chi connectivity index (χ1v) is 11.1. The lowest BCUT2D eigenvalue weighted by Gasteiger charge is -2.29. The van der Waals surface area contributed by atoms with Crippen LogP contribution in [-0.2, 0) is 21.4 Å². The highest BCUT2D eigenvalue weighted by atomic mass is 35.5.